The first kappa shape index (κ1) is 14.2. The Bertz CT molecular complexity index is 652. The van der Waals surface area contributed by atoms with E-state index in [-0.39, 0.29) is 6.04 Å². The minimum Gasteiger partial charge on any atom is -0.313 e. The summed E-state index contributed by atoms with van der Waals surface area (Å²) in [4.78, 5) is 0. The zero-order valence-corrected chi connectivity index (χ0v) is 12.1. The Morgan fingerprint density at radius 1 is 1.05 bits per heavy atom. The van der Waals surface area contributed by atoms with Crippen molar-refractivity contribution in [1.82, 2.24) is 5.32 Å². The maximum atomic E-state index is 13.9. The maximum absolute atomic E-state index is 13.9. The first-order chi connectivity index (χ1) is 10.2. The molecule has 0 spiro atoms. The van der Waals surface area contributed by atoms with E-state index in [0.717, 1.165) is 18.9 Å². The summed E-state index contributed by atoms with van der Waals surface area (Å²) in [5.41, 5.74) is 4.56. The summed E-state index contributed by atoms with van der Waals surface area (Å²) in [5.74, 6) is -1.03. The summed E-state index contributed by atoms with van der Waals surface area (Å²) in [7, 11) is 1.81. The van der Waals surface area contributed by atoms with Gasteiger partial charge in [-0.05, 0) is 55.5 Å². The first-order valence-corrected chi connectivity index (χ1v) is 7.40. The van der Waals surface area contributed by atoms with Crippen LogP contribution in [-0.2, 0) is 19.3 Å². The molecule has 0 radical (unpaired) electrons. The van der Waals surface area contributed by atoms with Gasteiger partial charge in [-0.1, -0.05) is 24.3 Å². The van der Waals surface area contributed by atoms with Gasteiger partial charge in [-0.25, -0.2) is 8.78 Å². The third-order valence-corrected chi connectivity index (χ3v) is 4.29. The number of benzene rings is 2. The average Bonchev–Trinajstić information content (AvgIpc) is 2.93. The van der Waals surface area contributed by atoms with E-state index in [2.05, 4.69) is 23.5 Å². The number of fused-ring (bicyclic) bond motifs is 1. The van der Waals surface area contributed by atoms with Crippen molar-refractivity contribution in [1.29, 1.82) is 0 Å². The molecule has 2 aromatic rings. The molecule has 0 aliphatic heterocycles. The fourth-order valence-electron chi connectivity index (χ4n) is 3.14. The van der Waals surface area contributed by atoms with Crippen LogP contribution in [0.4, 0.5) is 8.78 Å². The van der Waals surface area contributed by atoms with Gasteiger partial charge in [-0.3, -0.25) is 0 Å². The minimum absolute atomic E-state index is 0.148. The fourth-order valence-corrected chi connectivity index (χ4v) is 3.14. The van der Waals surface area contributed by atoms with Gasteiger partial charge in [0.1, 0.15) is 11.6 Å². The third-order valence-electron chi connectivity index (χ3n) is 4.29. The highest BCUT2D eigenvalue weighted by Gasteiger charge is 2.17. The van der Waals surface area contributed by atoms with Crippen LogP contribution in [0.1, 0.15) is 34.7 Å². The highest BCUT2D eigenvalue weighted by Crippen LogP contribution is 2.26. The molecule has 3 rings (SSSR count). The predicted octanol–water partition coefficient (Wildman–Crippen LogP) is 3.96. The van der Waals surface area contributed by atoms with Crippen LogP contribution in [0.25, 0.3) is 0 Å². The number of aryl methyl sites for hydroxylation is 2. The van der Waals surface area contributed by atoms with Crippen LogP contribution in [0.2, 0.25) is 0 Å². The molecule has 0 bridgehead atoms. The molecule has 21 heavy (non-hydrogen) atoms. The Hall–Kier alpha value is -1.74. The smallest absolute Gasteiger partial charge is 0.130 e. The van der Waals surface area contributed by atoms with Gasteiger partial charge in [-0.15, -0.1) is 0 Å². The lowest BCUT2D eigenvalue weighted by atomic mass is 9.96. The third kappa shape index (κ3) is 2.98. The van der Waals surface area contributed by atoms with Gasteiger partial charge in [0.05, 0.1) is 0 Å². The van der Waals surface area contributed by atoms with Crippen LogP contribution in [-0.4, -0.2) is 7.05 Å². The van der Waals surface area contributed by atoms with Crippen LogP contribution in [0.5, 0.6) is 0 Å². The standard InChI is InChI=1S/C18H19F2N/c1-21-18(16-8-7-15(19)11-17(16)20)10-12-5-6-13-3-2-4-14(13)9-12/h5-9,11,18,21H,2-4,10H2,1H3. The fraction of sp³-hybridized carbons (Fsp3) is 0.333. The van der Waals surface area contributed by atoms with Crippen molar-refractivity contribution in [2.45, 2.75) is 31.7 Å². The van der Waals surface area contributed by atoms with Crippen LogP contribution < -0.4 is 5.32 Å². The highest BCUT2D eigenvalue weighted by atomic mass is 19.1. The topological polar surface area (TPSA) is 12.0 Å². The molecule has 1 atom stereocenters. The van der Waals surface area contributed by atoms with Crippen LogP contribution in [0.3, 0.4) is 0 Å². The molecule has 1 unspecified atom stereocenters. The Labute approximate surface area is 124 Å². The van der Waals surface area contributed by atoms with Gasteiger partial charge in [0, 0.05) is 17.7 Å². The van der Waals surface area contributed by atoms with E-state index in [0.29, 0.717) is 12.0 Å². The van der Waals surface area contributed by atoms with Crippen molar-refractivity contribution in [3.63, 3.8) is 0 Å². The molecule has 0 amide bonds. The highest BCUT2D eigenvalue weighted by molar-refractivity contribution is 5.36. The van der Waals surface area contributed by atoms with Gasteiger partial charge in [0.2, 0.25) is 0 Å². The predicted molar refractivity (Wildman–Crippen MR) is 80.3 cm³/mol. The Balaban J connectivity index is 1.84. The quantitative estimate of drug-likeness (QED) is 0.897. The Kier molecular flexibility index (Phi) is 4.02. The zero-order chi connectivity index (χ0) is 14.8. The SMILES string of the molecule is CNC(Cc1ccc2c(c1)CCC2)c1ccc(F)cc1F. The number of halogens is 2. The average molecular weight is 287 g/mol. The van der Waals surface area contributed by atoms with Crippen molar-refractivity contribution >= 4 is 0 Å². The molecule has 0 fully saturated rings. The van der Waals surface area contributed by atoms with Crippen LogP contribution in [0, 0.1) is 11.6 Å². The van der Waals surface area contributed by atoms with Gasteiger partial charge in [-0.2, -0.15) is 0 Å². The van der Waals surface area contributed by atoms with E-state index in [1.165, 1.54) is 35.2 Å². The lowest BCUT2D eigenvalue weighted by Crippen LogP contribution is -2.20. The van der Waals surface area contributed by atoms with Crippen molar-refractivity contribution in [2.24, 2.45) is 0 Å². The van der Waals surface area contributed by atoms with Gasteiger partial charge >= 0.3 is 0 Å². The number of nitrogens with one attached hydrogen (secondary N) is 1. The monoisotopic (exact) mass is 287 g/mol. The molecule has 1 N–H and O–H groups in total. The molecule has 0 saturated heterocycles. The lowest BCUT2D eigenvalue weighted by molar-refractivity contribution is 0.521. The van der Waals surface area contributed by atoms with Crippen molar-refractivity contribution in [2.75, 3.05) is 7.05 Å². The maximum Gasteiger partial charge on any atom is 0.130 e. The summed E-state index contributed by atoms with van der Waals surface area (Å²) in [5, 5.41) is 3.13. The van der Waals surface area contributed by atoms with Gasteiger partial charge in [0.25, 0.3) is 0 Å². The van der Waals surface area contributed by atoms with Crippen LogP contribution in [0.15, 0.2) is 36.4 Å². The van der Waals surface area contributed by atoms with E-state index in [9.17, 15) is 8.78 Å². The number of rotatable bonds is 4. The Morgan fingerprint density at radius 3 is 2.62 bits per heavy atom. The Morgan fingerprint density at radius 2 is 1.86 bits per heavy atom. The lowest BCUT2D eigenvalue weighted by Gasteiger charge is -2.18. The van der Waals surface area contributed by atoms with Crippen molar-refractivity contribution < 1.29 is 8.78 Å². The molecular formula is C18H19F2N. The second-order valence-electron chi connectivity index (χ2n) is 5.67. The van der Waals surface area contributed by atoms with Gasteiger partial charge < -0.3 is 5.32 Å². The van der Waals surface area contributed by atoms with E-state index in [4.69, 9.17) is 0 Å². The van der Waals surface area contributed by atoms with E-state index >= 15 is 0 Å². The van der Waals surface area contributed by atoms with E-state index < -0.39 is 11.6 Å². The normalized spacial score (nSPS) is 15.0. The molecule has 110 valence electrons. The summed E-state index contributed by atoms with van der Waals surface area (Å²) >= 11 is 0. The largest absolute Gasteiger partial charge is 0.313 e. The summed E-state index contributed by atoms with van der Waals surface area (Å²) in [6.45, 7) is 0. The molecular weight excluding hydrogens is 268 g/mol. The van der Waals surface area contributed by atoms with E-state index in [1.807, 2.05) is 0 Å². The summed E-state index contributed by atoms with van der Waals surface area (Å²) < 4.78 is 27.0. The molecule has 0 saturated carbocycles. The minimum atomic E-state index is -0.538. The van der Waals surface area contributed by atoms with Crippen LogP contribution >= 0.6 is 0 Å². The zero-order valence-electron chi connectivity index (χ0n) is 12.1. The molecule has 1 nitrogen and oxygen atoms in total. The summed E-state index contributed by atoms with van der Waals surface area (Å²) in [6.07, 6.45) is 4.23. The van der Waals surface area contributed by atoms with E-state index in [1.54, 1.807) is 7.05 Å². The molecule has 0 heterocycles. The first-order valence-electron chi connectivity index (χ1n) is 7.40. The molecule has 0 aromatic heterocycles. The molecule has 1 aliphatic carbocycles. The molecule has 1 aliphatic rings. The van der Waals surface area contributed by atoms with Crippen molar-refractivity contribution in [3.8, 4) is 0 Å². The summed E-state index contributed by atoms with van der Waals surface area (Å²) in [6, 6.07) is 10.2. The number of likely N-dealkylation sites (N-methyl/N-ethyl adjacent to an activating group) is 1. The number of hydrogen-bond acceptors (Lipinski definition) is 1. The molecule has 3 heteroatoms. The second-order valence-corrected chi connectivity index (χ2v) is 5.67. The molecule has 2 aromatic carbocycles. The van der Waals surface area contributed by atoms with Gasteiger partial charge in [0.15, 0.2) is 0 Å². The van der Waals surface area contributed by atoms with Crippen molar-refractivity contribution in [3.05, 3.63) is 70.3 Å². The second kappa shape index (κ2) is 5.94. The number of hydrogen-bond donors (Lipinski definition) is 1.